The highest BCUT2D eigenvalue weighted by Crippen LogP contribution is 2.42. The lowest BCUT2D eigenvalue weighted by Crippen LogP contribution is -1.84. The second-order valence-corrected chi connectivity index (χ2v) is 5.44. The van der Waals surface area contributed by atoms with Gasteiger partial charge in [-0.05, 0) is 31.6 Å². The molecular weight excluding hydrogens is 180 g/mol. The van der Waals surface area contributed by atoms with Crippen molar-refractivity contribution in [3.63, 3.8) is 0 Å². The third kappa shape index (κ3) is 4.40. The van der Waals surface area contributed by atoms with Crippen molar-refractivity contribution in [3.05, 3.63) is 11.6 Å². The van der Waals surface area contributed by atoms with Gasteiger partial charge >= 0.3 is 0 Å². The van der Waals surface area contributed by atoms with Gasteiger partial charge in [0.05, 0.1) is 0 Å². The SMILES string of the molecule is C1=C2\CC2CCCCCCCCCCC/1. The Hall–Kier alpha value is -0.260. The van der Waals surface area contributed by atoms with Gasteiger partial charge in [0, 0.05) is 0 Å². The predicted molar refractivity (Wildman–Crippen MR) is 67.0 cm³/mol. The molecule has 1 saturated carbocycles. The van der Waals surface area contributed by atoms with E-state index in [4.69, 9.17) is 0 Å². The zero-order valence-electron chi connectivity index (χ0n) is 10.1. The van der Waals surface area contributed by atoms with Crippen molar-refractivity contribution >= 4 is 0 Å². The predicted octanol–water partition coefficient (Wildman–Crippen LogP) is 5.24. The second-order valence-electron chi connectivity index (χ2n) is 5.44. The van der Waals surface area contributed by atoms with Crippen molar-refractivity contribution < 1.29 is 0 Å². The molecule has 0 spiro atoms. The molecule has 1 atom stereocenters. The van der Waals surface area contributed by atoms with Crippen LogP contribution in [0.15, 0.2) is 11.6 Å². The standard InChI is InChI=1S/C15H26/c1-2-4-6-8-10-12-15-13-14(15)11-9-7-5-3-1/h11,15H,1-10,12-13H2/b14-11+. The maximum absolute atomic E-state index is 2.55. The van der Waals surface area contributed by atoms with Gasteiger partial charge in [-0.3, -0.25) is 0 Å². The Labute approximate surface area is 95.1 Å². The van der Waals surface area contributed by atoms with Gasteiger partial charge in [0.25, 0.3) is 0 Å². The Morgan fingerprint density at radius 2 is 1.33 bits per heavy atom. The lowest BCUT2D eigenvalue weighted by atomic mass is 10.0. The molecule has 2 aliphatic rings. The van der Waals surface area contributed by atoms with E-state index in [1.54, 1.807) is 5.57 Å². The lowest BCUT2D eigenvalue weighted by molar-refractivity contribution is 0.542. The molecule has 2 aliphatic carbocycles. The molecule has 0 nitrogen and oxygen atoms in total. The third-order valence-corrected chi connectivity index (χ3v) is 4.01. The molecule has 0 radical (unpaired) electrons. The molecule has 0 aromatic carbocycles. The second kappa shape index (κ2) is 6.35. The first-order chi connectivity index (χ1) is 7.47. The van der Waals surface area contributed by atoms with E-state index in [0.717, 1.165) is 5.92 Å². The fourth-order valence-corrected chi connectivity index (χ4v) is 2.82. The largest absolute Gasteiger partial charge is 0.0850 e. The summed E-state index contributed by atoms with van der Waals surface area (Å²) in [6, 6.07) is 0. The van der Waals surface area contributed by atoms with Gasteiger partial charge in [-0.1, -0.05) is 63.0 Å². The quantitative estimate of drug-likeness (QED) is 0.476. The van der Waals surface area contributed by atoms with Crippen molar-refractivity contribution in [2.75, 3.05) is 0 Å². The molecular formula is C15H26. The fraction of sp³-hybridized carbons (Fsp3) is 0.867. The minimum absolute atomic E-state index is 1.02. The van der Waals surface area contributed by atoms with Crippen LogP contribution in [0.4, 0.5) is 0 Å². The van der Waals surface area contributed by atoms with Crippen molar-refractivity contribution in [2.24, 2.45) is 5.92 Å². The molecule has 2 rings (SSSR count). The van der Waals surface area contributed by atoms with Gasteiger partial charge in [0.15, 0.2) is 0 Å². The number of fused-ring (bicyclic) bond motifs is 1. The van der Waals surface area contributed by atoms with Crippen molar-refractivity contribution in [1.82, 2.24) is 0 Å². The molecule has 0 amide bonds. The zero-order valence-corrected chi connectivity index (χ0v) is 10.1. The molecule has 0 aromatic rings. The molecule has 0 N–H and O–H groups in total. The minimum atomic E-state index is 1.02. The van der Waals surface area contributed by atoms with Crippen LogP contribution >= 0.6 is 0 Å². The number of rotatable bonds is 0. The normalized spacial score (nSPS) is 33.3. The van der Waals surface area contributed by atoms with Crippen LogP contribution in [0.2, 0.25) is 0 Å². The Morgan fingerprint density at radius 1 is 0.733 bits per heavy atom. The summed E-state index contributed by atoms with van der Waals surface area (Å²) >= 11 is 0. The maximum Gasteiger partial charge on any atom is -0.0166 e. The van der Waals surface area contributed by atoms with Crippen LogP contribution in [0.25, 0.3) is 0 Å². The molecule has 0 heterocycles. The molecule has 0 bridgehead atoms. The van der Waals surface area contributed by atoms with E-state index in [1.807, 2.05) is 0 Å². The lowest BCUT2D eigenvalue weighted by Gasteiger charge is -2.03. The van der Waals surface area contributed by atoms with Crippen LogP contribution in [-0.2, 0) is 0 Å². The summed E-state index contributed by atoms with van der Waals surface area (Å²) in [5.41, 5.74) is 1.80. The molecule has 0 aromatic heterocycles. The van der Waals surface area contributed by atoms with E-state index in [9.17, 15) is 0 Å². The average Bonchev–Trinajstić information content (AvgIpc) is 2.98. The van der Waals surface area contributed by atoms with Gasteiger partial charge in [0.2, 0.25) is 0 Å². The molecule has 86 valence electrons. The topological polar surface area (TPSA) is 0 Å². The van der Waals surface area contributed by atoms with Crippen molar-refractivity contribution in [3.8, 4) is 0 Å². The summed E-state index contributed by atoms with van der Waals surface area (Å²) in [6.07, 6.45) is 20.2. The van der Waals surface area contributed by atoms with Gasteiger partial charge in [0.1, 0.15) is 0 Å². The van der Waals surface area contributed by atoms with E-state index < -0.39 is 0 Å². The number of allylic oxidation sites excluding steroid dienone is 2. The third-order valence-electron chi connectivity index (χ3n) is 4.01. The maximum atomic E-state index is 2.55. The highest BCUT2D eigenvalue weighted by Gasteiger charge is 2.27. The first-order valence-electron chi connectivity index (χ1n) is 7.16. The van der Waals surface area contributed by atoms with Crippen molar-refractivity contribution in [2.45, 2.75) is 77.0 Å². The summed E-state index contributed by atoms with van der Waals surface area (Å²) in [5, 5.41) is 0. The zero-order chi connectivity index (χ0) is 10.3. The molecule has 1 unspecified atom stereocenters. The van der Waals surface area contributed by atoms with Crippen molar-refractivity contribution in [1.29, 1.82) is 0 Å². The van der Waals surface area contributed by atoms with E-state index in [0.29, 0.717) is 0 Å². The Bertz CT molecular complexity index is 202. The van der Waals surface area contributed by atoms with E-state index in [2.05, 4.69) is 6.08 Å². The molecule has 15 heavy (non-hydrogen) atoms. The van der Waals surface area contributed by atoms with Gasteiger partial charge in [-0.25, -0.2) is 0 Å². The Balaban J connectivity index is 1.69. The summed E-state index contributed by atoms with van der Waals surface area (Å²) in [6.45, 7) is 0. The molecule has 0 aliphatic heterocycles. The average molecular weight is 206 g/mol. The van der Waals surface area contributed by atoms with E-state index in [1.165, 1.54) is 77.0 Å². The first kappa shape index (κ1) is 11.2. The van der Waals surface area contributed by atoms with Crippen LogP contribution in [0.5, 0.6) is 0 Å². The van der Waals surface area contributed by atoms with Crippen LogP contribution in [0.3, 0.4) is 0 Å². The van der Waals surface area contributed by atoms with Crippen LogP contribution < -0.4 is 0 Å². The minimum Gasteiger partial charge on any atom is -0.0850 e. The van der Waals surface area contributed by atoms with Crippen LogP contribution in [0, 0.1) is 5.92 Å². The monoisotopic (exact) mass is 206 g/mol. The van der Waals surface area contributed by atoms with E-state index >= 15 is 0 Å². The molecule has 0 heteroatoms. The van der Waals surface area contributed by atoms with Gasteiger partial charge < -0.3 is 0 Å². The van der Waals surface area contributed by atoms with Crippen LogP contribution in [-0.4, -0.2) is 0 Å². The summed E-state index contributed by atoms with van der Waals surface area (Å²) < 4.78 is 0. The first-order valence-corrected chi connectivity index (χ1v) is 7.16. The Kier molecular flexibility index (Phi) is 4.76. The van der Waals surface area contributed by atoms with Gasteiger partial charge in [-0.15, -0.1) is 0 Å². The number of hydrogen-bond donors (Lipinski definition) is 0. The highest BCUT2D eigenvalue weighted by atomic mass is 14.3. The Morgan fingerprint density at radius 3 is 2.07 bits per heavy atom. The van der Waals surface area contributed by atoms with Crippen LogP contribution in [0.1, 0.15) is 77.0 Å². The van der Waals surface area contributed by atoms with Gasteiger partial charge in [-0.2, -0.15) is 0 Å². The summed E-state index contributed by atoms with van der Waals surface area (Å²) in [5.74, 6) is 1.02. The summed E-state index contributed by atoms with van der Waals surface area (Å²) in [4.78, 5) is 0. The highest BCUT2D eigenvalue weighted by molar-refractivity contribution is 5.22. The van der Waals surface area contributed by atoms with E-state index in [-0.39, 0.29) is 0 Å². The fourth-order valence-electron chi connectivity index (χ4n) is 2.82. The number of hydrogen-bond acceptors (Lipinski definition) is 0. The molecule has 1 fully saturated rings. The summed E-state index contributed by atoms with van der Waals surface area (Å²) in [7, 11) is 0. The molecule has 0 saturated heterocycles. The smallest absolute Gasteiger partial charge is 0.0166 e.